The summed E-state index contributed by atoms with van der Waals surface area (Å²) in [4.78, 5) is 37.3. The number of aromatic nitrogens is 5. The van der Waals surface area contributed by atoms with E-state index in [2.05, 4.69) is 20.1 Å². The summed E-state index contributed by atoms with van der Waals surface area (Å²) in [5.41, 5.74) is 2.59. The van der Waals surface area contributed by atoms with E-state index in [4.69, 9.17) is 16.6 Å². The second-order valence-electron chi connectivity index (χ2n) is 10.5. The fraction of sp³-hybridized carbons (Fsp3) is 0.393. The van der Waals surface area contributed by atoms with Crippen molar-refractivity contribution in [2.75, 3.05) is 29.6 Å². The monoisotopic (exact) mass is 634 g/mol. The van der Waals surface area contributed by atoms with Gasteiger partial charge < -0.3 is 10.2 Å². The van der Waals surface area contributed by atoms with Crippen LogP contribution >= 0.6 is 23.5 Å². The number of hydrogen-bond donors (Lipinski definition) is 2. The summed E-state index contributed by atoms with van der Waals surface area (Å²) < 4.78 is 44.5. The molecule has 2 N–H and O–H groups in total. The number of nitrogens with one attached hydrogen (secondary N) is 2. The van der Waals surface area contributed by atoms with Crippen LogP contribution in [0, 0.1) is 6.92 Å². The molecule has 15 heteroatoms. The zero-order valence-electron chi connectivity index (χ0n) is 23.9. The minimum Gasteiger partial charge on any atom is -0.377 e. The fourth-order valence-electron chi connectivity index (χ4n) is 5.54. The van der Waals surface area contributed by atoms with E-state index >= 15 is 0 Å². The Bertz CT molecular complexity index is 1730. The fourth-order valence-corrected chi connectivity index (χ4v) is 5.97. The maximum Gasteiger partial charge on any atom is 0.504 e. The summed E-state index contributed by atoms with van der Waals surface area (Å²) in [6, 6.07) is 7.99. The van der Waals surface area contributed by atoms with E-state index in [9.17, 15) is 22.8 Å². The molecule has 3 aromatic heterocycles. The van der Waals surface area contributed by atoms with Gasteiger partial charge in [0.15, 0.2) is 5.69 Å². The number of carbonyl (C=O) groups excluding carboxylic acids is 1. The second kappa shape index (κ2) is 12.1. The number of halogens is 4. The average Bonchev–Trinajstić information content (AvgIpc) is 3.47. The molecule has 1 aliphatic heterocycles. The normalized spacial score (nSPS) is 15.1. The van der Waals surface area contributed by atoms with E-state index in [0.717, 1.165) is 23.1 Å². The zero-order chi connectivity index (χ0) is 31.1. The first-order valence-electron chi connectivity index (χ1n) is 13.5. The van der Waals surface area contributed by atoms with Gasteiger partial charge in [0.2, 0.25) is 5.95 Å². The lowest BCUT2D eigenvalue weighted by Crippen LogP contribution is -2.38. The maximum atomic E-state index is 13.6. The number of hydrogen-bond acceptors (Lipinski definition) is 8. The minimum absolute atomic E-state index is 0.130. The van der Waals surface area contributed by atoms with Crippen LogP contribution in [0.5, 0.6) is 0 Å². The van der Waals surface area contributed by atoms with Crippen molar-refractivity contribution in [1.82, 2.24) is 29.0 Å². The molecule has 1 saturated heterocycles. The summed E-state index contributed by atoms with van der Waals surface area (Å²) in [7, 11) is 1.65. The molecule has 5 rings (SSSR count). The number of anilines is 2. The number of carbonyl (C=O) groups is 1. The van der Waals surface area contributed by atoms with Gasteiger partial charge in [-0.3, -0.25) is 18.9 Å². The second-order valence-corrected chi connectivity index (χ2v) is 11.5. The van der Waals surface area contributed by atoms with E-state index < -0.39 is 18.2 Å². The van der Waals surface area contributed by atoms with Gasteiger partial charge in [0, 0.05) is 44.1 Å². The van der Waals surface area contributed by atoms with Crippen molar-refractivity contribution in [3.63, 3.8) is 0 Å². The summed E-state index contributed by atoms with van der Waals surface area (Å²) in [6.45, 7) is 4.62. The van der Waals surface area contributed by atoms with Crippen molar-refractivity contribution in [3.05, 3.63) is 74.6 Å². The molecule has 1 unspecified atom stereocenters. The predicted octanol–water partition coefficient (Wildman–Crippen LogP) is 5.53. The van der Waals surface area contributed by atoms with E-state index in [1.165, 1.54) is 16.8 Å². The Morgan fingerprint density at radius 1 is 1.16 bits per heavy atom. The standard InChI is InChI=1S/C28H30ClF3N8O2S/c1-15-13-18(16(2)34-20-5-6-22(29)35-24(20)25(41)37-43-4)23-19(14-15)26(42)38(3)27(36-23)39-11-8-17(9-12-39)21-7-10-33-40(21)28(30,31)32/h5-7,10,13-14,16-17,34H,8-9,11-12H2,1-4H3,(H,37,41). The van der Waals surface area contributed by atoms with Crippen LogP contribution in [0.3, 0.4) is 0 Å². The van der Waals surface area contributed by atoms with E-state index in [-0.39, 0.29) is 32.7 Å². The number of benzene rings is 1. The van der Waals surface area contributed by atoms with E-state index in [0.29, 0.717) is 48.5 Å². The Balaban J connectivity index is 1.47. The highest BCUT2D eigenvalue weighted by molar-refractivity contribution is 7.97. The van der Waals surface area contributed by atoms with Crippen LogP contribution in [0.15, 0.2) is 41.3 Å². The first-order chi connectivity index (χ1) is 20.4. The molecule has 0 bridgehead atoms. The lowest BCUT2D eigenvalue weighted by atomic mass is 9.93. The van der Waals surface area contributed by atoms with Gasteiger partial charge in [-0.05, 0) is 56.5 Å². The third-order valence-electron chi connectivity index (χ3n) is 7.55. The van der Waals surface area contributed by atoms with Gasteiger partial charge in [-0.15, -0.1) is 13.2 Å². The lowest BCUT2D eigenvalue weighted by molar-refractivity contribution is -0.214. The first-order valence-corrected chi connectivity index (χ1v) is 15.1. The van der Waals surface area contributed by atoms with Gasteiger partial charge in [-0.2, -0.15) is 9.78 Å². The average molecular weight is 635 g/mol. The molecule has 0 spiro atoms. The number of alkyl halides is 3. The van der Waals surface area contributed by atoms with Gasteiger partial charge in [0.1, 0.15) is 5.15 Å². The topological polar surface area (TPSA) is 110 Å². The molecule has 1 aliphatic rings. The zero-order valence-corrected chi connectivity index (χ0v) is 25.4. The van der Waals surface area contributed by atoms with Gasteiger partial charge in [-0.1, -0.05) is 29.6 Å². The molecule has 4 aromatic rings. The van der Waals surface area contributed by atoms with Gasteiger partial charge in [0.25, 0.3) is 11.5 Å². The van der Waals surface area contributed by atoms with Crippen LogP contribution in [0.4, 0.5) is 24.8 Å². The molecule has 0 saturated carbocycles. The van der Waals surface area contributed by atoms with Crippen molar-refractivity contribution in [2.24, 2.45) is 7.05 Å². The highest BCUT2D eigenvalue weighted by Crippen LogP contribution is 2.35. The van der Waals surface area contributed by atoms with Crippen LogP contribution in [-0.2, 0) is 13.3 Å². The summed E-state index contributed by atoms with van der Waals surface area (Å²) in [6.07, 6.45) is -0.806. The number of nitrogens with zero attached hydrogens (tertiary/aromatic N) is 6. The molecule has 1 atom stereocenters. The number of fused-ring (bicyclic) bond motifs is 1. The molecule has 228 valence electrons. The van der Waals surface area contributed by atoms with Crippen molar-refractivity contribution in [2.45, 2.75) is 44.9 Å². The molecular weight excluding hydrogens is 605 g/mol. The Morgan fingerprint density at radius 3 is 2.56 bits per heavy atom. The van der Waals surface area contributed by atoms with Crippen LogP contribution in [0.25, 0.3) is 10.9 Å². The number of amides is 1. The van der Waals surface area contributed by atoms with Crippen LogP contribution < -0.4 is 20.5 Å². The van der Waals surface area contributed by atoms with Gasteiger partial charge in [-0.25, -0.2) is 9.97 Å². The van der Waals surface area contributed by atoms with Crippen LogP contribution in [0.2, 0.25) is 5.15 Å². The third kappa shape index (κ3) is 6.16. The van der Waals surface area contributed by atoms with E-state index in [1.54, 1.807) is 31.5 Å². The molecule has 10 nitrogen and oxygen atoms in total. The Kier molecular flexibility index (Phi) is 8.61. The SMILES string of the molecule is CSNC(=O)c1nc(Cl)ccc1NC(C)c1cc(C)cc2c(=O)n(C)c(N3CCC(c4ccnn4C(F)(F)F)CC3)nc12. The molecule has 0 aliphatic carbocycles. The molecule has 0 radical (unpaired) electrons. The van der Waals surface area contributed by atoms with Crippen LogP contribution in [0.1, 0.15) is 59.0 Å². The Morgan fingerprint density at radius 2 is 1.88 bits per heavy atom. The smallest absolute Gasteiger partial charge is 0.377 e. The van der Waals surface area contributed by atoms with Crippen molar-refractivity contribution >= 4 is 52.0 Å². The molecule has 43 heavy (non-hydrogen) atoms. The summed E-state index contributed by atoms with van der Waals surface area (Å²) in [5, 5.41) is 7.41. The summed E-state index contributed by atoms with van der Waals surface area (Å²) >= 11 is 7.21. The first kappa shape index (κ1) is 30.7. The summed E-state index contributed by atoms with van der Waals surface area (Å²) in [5.74, 6) is -0.300. The van der Waals surface area contributed by atoms with E-state index in [1.807, 2.05) is 24.8 Å². The Hall–Kier alpha value is -3.78. The van der Waals surface area contributed by atoms with Gasteiger partial charge >= 0.3 is 6.30 Å². The molecular formula is C28H30ClF3N8O2S. The Labute approximate surface area is 254 Å². The molecule has 1 aromatic carbocycles. The highest BCUT2D eigenvalue weighted by atomic mass is 35.5. The molecule has 4 heterocycles. The highest BCUT2D eigenvalue weighted by Gasteiger charge is 2.37. The van der Waals surface area contributed by atoms with Crippen molar-refractivity contribution < 1.29 is 18.0 Å². The number of pyridine rings is 1. The predicted molar refractivity (Wildman–Crippen MR) is 162 cm³/mol. The number of rotatable bonds is 7. The number of aryl methyl sites for hydroxylation is 1. The minimum atomic E-state index is -4.58. The van der Waals surface area contributed by atoms with Crippen molar-refractivity contribution in [1.29, 1.82) is 0 Å². The van der Waals surface area contributed by atoms with Gasteiger partial charge in [0.05, 0.1) is 28.3 Å². The van der Waals surface area contributed by atoms with Crippen molar-refractivity contribution in [3.8, 4) is 0 Å². The van der Waals surface area contributed by atoms with Crippen LogP contribution in [-0.4, -0.2) is 49.6 Å². The largest absolute Gasteiger partial charge is 0.504 e. The lowest BCUT2D eigenvalue weighted by Gasteiger charge is -2.34. The number of piperidine rings is 1. The quantitative estimate of drug-likeness (QED) is 0.202. The molecule has 1 amide bonds. The molecule has 1 fully saturated rings. The maximum absolute atomic E-state index is 13.6. The third-order valence-corrected chi connectivity index (χ3v) is 8.15.